The van der Waals surface area contributed by atoms with Crippen molar-refractivity contribution in [1.29, 1.82) is 0 Å². The summed E-state index contributed by atoms with van der Waals surface area (Å²) < 4.78 is 19.2. The van der Waals surface area contributed by atoms with Gasteiger partial charge in [-0.2, -0.15) is 0 Å². The molecule has 0 spiro atoms. The van der Waals surface area contributed by atoms with E-state index in [1.807, 2.05) is 33.5 Å². The van der Waals surface area contributed by atoms with Gasteiger partial charge < -0.3 is 9.64 Å². The minimum Gasteiger partial charge on any atom is -0.465 e. The topological polar surface area (TPSA) is 46.6 Å². The van der Waals surface area contributed by atoms with Crippen molar-refractivity contribution in [3.8, 4) is 0 Å². The predicted octanol–water partition coefficient (Wildman–Crippen LogP) is 2.64. The van der Waals surface area contributed by atoms with E-state index >= 15 is 0 Å². The molecule has 0 N–H and O–H groups in total. The number of rotatable bonds is 5. The van der Waals surface area contributed by atoms with Gasteiger partial charge in [-0.25, -0.2) is 9.18 Å². The summed E-state index contributed by atoms with van der Waals surface area (Å²) in [4.78, 5) is 26.5. The number of hydrogen-bond donors (Lipinski definition) is 0. The Morgan fingerprint density at radius 2 is 1.73 bits per heavy atom. The number of hydrogen-bond acceptors (Lipinski definition) is 3. The van der Waals surface area contributed by atoms with E-state index in [2.05, 4.69) is 0 Å². The maximum Gasteiger partial charge on any atom is 0.338 e. The lowest BCUT2D eigenvalue weighted by Gasteiger charge is -2.26. The molecule has 0 aliphatic rings. The van der Waals surface area contributed by atoms with Gasteiger partial charge >= 0.3 is 5.97 Å². The number of esters is 1. The number of carbonyl (C=O) groups excluding carboxylic acids is 2. The van der Waals surface area contributed by atoms with Gasteiger partial charge in [-0.05, 0) is 31.2 Å². The number of ether oxygens (including phenoxy) is 1. The van der Waals surface area contributed by atoms with Gasteiger partial charge in [0.1, 0.15) is 5.82 Å². The minimum absolute atomic E-state index is 0.137. The monoisotopic (exact) mass is 325 g/mol. The molecule has 1 aromatic rings. The Hall–Kier alpha value is -1.69. The summed E-state index contributed by atoms with van der Waals surface area (Å²) in [5.41, 5.74) is 0.299. The Morgan fingerprint density at radius 1 is 1.18 bits per heavy atom. The van der Waals surface area contributed by atoms with Gasteiger partial charge in [0.05, 0.1) is 26.3 Å². The van der Waals surface area contributed by atoms with Crippen molar-refractivity contribution in [3.05, 3.63) is 29.1 Å². The first-order valence-electron chi connectivity index (χ1n) is 7.39. The van der Waals surface area contributed by atoms with Crippen LogP contribution in [0.3, 0.4) is 0 Å². The van der Waals surface area contributed by atoms with Crippen molar-refractivity contribution in [2.75, 3.05) is 20.2 Å². The molecular weight excluding hydrogens is 301 g/mol. The molecule has 22 heavy (non-hydrogen) atoms. The second kappa shape index (κ2) is 7.04. The third-order valence-electron chi connectivity index (χ3n) is 3.57. The van der Waals surface area contributed by atoms with Gasteiger partial charge in [-0.15, -0.1) is 0 Å². The first-order chi connectivity index (χ1) is 10.2. The Kier molecular flexibility index (Phi) is 5.88. The Morgan fingerprint density at radius 3 is 2.14 bits per heavy atom. The van der Waals surface area contributed by atoms with Crippen LogP contribution in [0.1, 0.15) is 34.6 Å². The lowest BCUT2D eigenvalue weighted by molar-refractivity contribution is 0.0591. The van der Waals surface area contributed by atoms with Gasteiger partial charge in [-0.3, -0.25) is 4.79 Å². The molecule has 1 amide bonds. The van der Waals surface area contributed by atoms with Crippen LogP contribution >= 0.6 is 0 Å². The Labute approximate surface area is 132 Å². The first-order valence-corrected chi connectivity index (χ1v) is 10.9. The fourth-order valence-electron chi connectivity index (χ4n) is 2.48. The maximum atomic E-state index is 14.4. The Balaban J connectivity index is 3.71. The molecule has 1 rings (SSSR count). The molecule has 0 fully saturated rings. The zero-order valence-electron chi connectivity index (χ0n) is 14.1. The highest BCUT2D eigenvalue weighted by Gasteiger charge is 2.33. The van der Waals surface area contributed by atoms with Crippen LogP contribution in [0, 0.1) is 5.82 Å². The number of benzene rings is 1. The Bertz CT molecular complexity index is 577. The predicted molar refractivity (Wildman–Crippen MR) is 88.0 cm³/mol. The quantitative estimate of drug-likeness (QED) is 0.617. The number of nitrogens with zero attached hydrogens (tertiary/aromatic N) is 1. The van der Waals surface area contributed by atoms with Crippen LogP contribution in [-0.2, 0) is 4.74 Å². The second-order valence-electron chi connectivity index (χ2n) is 6.06. The van der Waals surface area contributed by atoms with Crippen molar-refractivity contribution >= 4 is 25.1 Å². The standard InChI is InChI=1S/C16H24FNO3Si/c1-7-18(8-2)15(19)13-11(16(20)21-3)9-10-12(17)14(13)22(4,5)6/h9-10H,7-8H2,1-6H3. The van der Waals surface area contributed by atoms with Crippen molar-refractivity contribution < 1.29 is 18.7 Å². The lowest BCUT2D eigenvalue weighted by Crippen LogP contribution is -2.47. The number of methoxy groups -OCH3 is 1. The lowest BCUT2D eigenvalue weighted by atomic mass is 10.1. The first kappa shape index (κ1) is 18.4. The third-order valence-corrected chi connectivity index (χ3v) is 5.56. The molecule has 0 radical (unpaired) electrons. The molecule has 0 heterocycles. The summed E-state index contributed by atoms with van der Waals surface area (Å²) in [6.45, 7) is 10.6. The smallest absolute Gasteiger partial charge is 0.338 e. The van der Waals surface area contributed by atoms with E-state index in [1.54, 1.807) is 4.90 Å². The molecule has 0 aliphatic carbocycles. The number of carbonyl (C=O) groups is 2. The van der Waals surface area contributed by atoms with E-state index in [1.165, 1.54) is 19.2 Å². The average molecular weight is 325 g/mol. The summed E-state index contributed by atoms with van der Waals surface area (Å²) in [6, 6.07) is 2.58. The average Bonchev–Trinajstić information content (AvgIpc) is 2.45. The molecule has 0 bridgehead atoms. The summed E-state index contributed by atoms with van der Waals surface area (Å²) in [5.74, 6) is -1.36. The van der Waals surface area contributed by atoms with Crippen molar-refractivity contribution in [2.24, 2.45) is 0 Å². The zero-order chi connectivity index (χ0) is 17.1. The van der Waals surface area contributed by atoms with Crippen LogP contribution in [0.25, 0.3) is 0 Å². The number of amides is 1. The van der Waals surface area contributed by atoms with Crippen molar-refractivity contribution in [1.82, 2.24) is 4.90 Å². The molecule has 0 aromatic heterocycles. The maximum absolute atomic E-state index is 14.4. The van der Waals surface area contributed by atoms with Crippen LogP contribution in [0.15, 0.2) is 12.1 Å². The van der Waals surface area contributed by atoms with Crippen LogP contribution in [0.2, 0.25) is 19.6 Å². The van der Waals surface area contributed by atoms with E-state index in [9.17, 15) is 14.0 Å². The van der Waals surface area contributed by atoms with Gasteiger partial charge in [0.25, 0.3) is 5.91 Å². The van der Waals surface area contributed by atoms with E-state index in [4.69, 9.17) is 4.74 Å². The second-order valence-corrected chi connectivity index (χ2v) is 11.1. The van der Waals surface area contributed by atoms with Crippen molar-refractivity contribution in [2.45, 2.75) is 33.5 Å². The van der Waals surface area contributed by atoms with Crippen LogP contribution in [0.4, 0.5) is 4.39 Å². The summed E-state index contributed by atoms with van der Waals surface area (Å²) in [5, 5.41) is 0.382. The summed E-state index contributed by atoms with van der Waals surface area (Å²) >= 11 is 0. The van der Waals surface area contributed by atoms with E-state index in [-0.39, 0.29) is 17.0 Å². The highest BCUT2D eigenvalue weighted by molar-refractivity contribution is 6.89. The fourth-order valence-corrected chi connectivity index (χ4v) is 4.27. The highest BCUT2D eigenvalue weighted by Crippen LogP contribution is 2.18. The summed E-state index contributed by atoms with van der Waals surface area (Å²) in [7, 11) is -0.921. The molecule has 0 atom stereocenters. The van der Waals surface area contributed by atoms with Gasteiger partial charge in [0, 0.05) is 13.1 Å². The van der Waals surface area contributed by atoms with Gasteiger partial charge in [-0.1, -0.05) is 19.6 Å². The van der Waals surface area contributed by atoms with Crippen LogP contribution in [0.5, 0.6) is 0 Å². The zero-order valence-corrected chi connectivity index (χ0v) is 15.1. The molecule has 6 heteroatoms. The molecule has 4 nitrogen and oxygen atoms in total. The molecule has 0 saturated carbocycles. The van der Waals surface area contributed by atoms with E-state index in [0.717, 1.165) is 0 Å². The molecule has 1 aromatic carbocycles. The van der Waals surface area contributed by atoms with Gasteiger partial charge in [0.2, 0.25) is 0 Å². The molecule has 0 saturated heterocycles. The van der Waals surface area contributed by atoms with E-state index in [0.29, 0.717) is 18.3 Å². The summed E-state index contributed by atoms with van der Waals surface area (Å²) in [6.07, 6.45) is 0. The van der Waals surface area contributed by atoms with Crippen LogP contribution in [-0.4, -0.2) is 45.0 Å². The number of halogens is 1. The molecular formula is C16H24FNO3Si. The van der Waals surface area contributed by atoms with E-state index < -0.39 is 19.9 Å². The minimum atomic E-state index is -2.18. The van der Waals surface area contributed by atoms with Gasteiger partial charge in [0.15, 0.2) is 0 Å². The largest absolute Gasteiger partial charge is 0.465 e. The third kappa shape index (κ3) is 3.55. The van der Waals surface area contributed by atoms with Crippen LogP contribution < -0.4 is 5.19 Å². The highest BCUT2D eigenvalue weighted by atomic mass is 28.3. The van der Waals surface area contributed by atoms with Crippen molar-refractivity contribution in [3.63, 3.8) is 0 Å². The molecule has 0 aliphatic heterocycles. The normalized spacial score (nSPS) is 11.2. The molecule has 0 unspecified atom stereocenters. The molecule has 122 valence electrons. The SMILES string of the molecule is CCN(CC)C(=O)c1c(C(=O)OC)ccc(F)c1[Si](C)(C)C. The fraction of sp³-hybridized carbons (Fsp3) is 0.500.